The molecule has 0 aromatic heterocycles. The summed E-state index contributed by atoms with van der Waals surface area (Å²) in [5.41, 5.74) is 0.660. The zero-order valence-corrected chi connectivity index (χ0v) is 7.74. The van der Waals surface area contributed by atoms with Gasteiger partial charge in [0.1, 0.15) is 0 Å². The van der Waals surface area contributed by atoms with E-state index < -0.39 is 0 Å². The fourth-order valence-electron chi connectivity index (χ4n) is 0.913. The van der Waals surface area contributed by atoms with Crippen LogP contribution in [0.3, 0.4) is 0 Å². The highest BCUT2D eigenvalue weighted by Crippen LogP contribution is 2.26. The highest BCUT2D eigenvalue weighted by Gasteiger charge is 2.05. The summed E-state index contributed by atoms with van der Waals surface area (Å²) in [5, 5.41) is 2.82. The van der Waals surface area contributed by atoms with Gasteiger partial charge in [-0.3, -0.25) is 0 Å². The third-order valence-corrected chi connectivity index (χ3v) is 1.44. The lowest BCUT2D eigenvalue weighted by Gasteiger charge is -2.07. The molecule has 0 unspecified atom stereocenters. The minimum atomic E-state index is -0.348. The monoisotopic (exact) mass is 191 g/mol. The standard InChI is InChI=1S/C8H10FNO.ClH/c1-10-7-5-3-4-6(9)8(7)11-2;/h3-5,10H,1-2H3;1H. The second-order valence-corrected chi connectivity index (χ2v) is 2.07. The molecule has 0 saturated carbocycles. The molecule has 0 spiro atoms. The van der Waals surface area contributed by atoms with E-state index >= 15 is 0 Å². The van der Waals surface area contributed by atoms with E-state index in [-0.39, 0.29) is 24.0 Å². The molecular weight excluding hydrogens is 181 g/mol. The van der Waals surface area contributed by atoms with Crippen molar-refractivity contribution in [3.05, 3.63) is 24.0 Å². The maximum Gasteiger partial charge on any atom is 0.177 e. The Balaban J connectivity index is 0.00000121. The number of benzene rings is 1. The predicted molar refractivity (Wildman–Crippen MR) is 49.7 cm³/mol. The molecule has 68 valence electrons. The average Bonchev–Trinajstić information content (AvgIpc) is 2.04. The largest absolute Gasteiger partial charge is 0.492 e. The summed E-state index contributed by atoms with van der Waals surface area (Å²) >= 11 is 0. The molecule has 1 aromatic carbocycles. The van der Waals surface area contributed by atoms with Crippen molar-refractivity contribution < 1.29 is 9.13 Å². The van der Waals surface area contributed by atoms with E-state index in [1.54, 1.807) is 19.2 Å². The van der Waals surface area contributed by atoms with Gasteiger partial charge in [-0.1, -0.05) is 6.07 Å². The molecule has 1 N–H and O–H groups in total. The van der Waals surface area contributed by atoms with Crippen LogP contribution in [-0.4, -0.2) is 14.2 Å². The highest BCUT2D eigenvalue weighted by molar-refractivity contribution is 5.85. The Labute approximate surface area is 77.1 Å². The van der Waals surface area contributed by atoms with Gasteiger partial charge < -0.3 is 10.1 Å². The molecule has 0 saturated heterocycles. The lowest BCUT2D eigenvalue weighted by Crippen LogP contribution is -1.95. The Kier molecular flexibility index (Phi) is 4.44. The molecule has 0 heterocycles. The molecule has 1 rings (SSSR count). The lowest BCUT2D eigenvalue weighted by molar-refractivity contribution is 0.388. The highest BCUT2D eigenvalue weighted by atomic mass is 35.5. The summed E-state index contributed by atoms with van der Waals surface area (Å²) < 4.78 is 17.7. The number of nitrogens with one attached hydrogen (secondary N) is 1. The van der Waals surface area contributed by atoms with Gasteiger partial charge in [0, 0.05) is 7.05 Å². The number of hydrogen-bond donors (Lipinski definition) is 1. The second-order valence-electron chi connectivity index (χ2n) is 2.07. The molecular formula is C8H11ClFNO. The summed E-state index contributed by atoms with van der Waals surface area (Å²) in [7, 11) is 3.16. The molecule has 0 atom stereocenters. The molecule has 1 aromatic rings. The van der Waals surface area contributed by atoms with Gasteiger partial charge in [-0.25, -0.2) is 4.39 Å². The van der Waals surface area contributed by atoms with Crippen LogP contribution in [0.25, 0.3) is 0 Å². The van der Waals surface area contributed by atoms with E-state index in [4.69, 9.17) is 4.74 Å². The molecule has 0 amide bonds. The van der Waals surface area contributed by atoms with Crippen molar-refractivity contribution >= 4 is 18.1 Å². The molecule has 0 aliphatic rings. The van der Waals surface area contributed by atoms with Gasteiger partial charge >= 0.3 is 0 Å². The lowest BCUT2D eigenvalue weighted by atomic mass is 10.3. The summed E-state index contributed by atoms with van der Waals surface area (Å²) in [6.45, 7) is 0. The van der Waals surface area contributed by atoms with Gasteiger partial charge in [-0.2, -0.15) is 0 Å². The number of methoxy groups -OCH3 is 1. The Morgan fingerprint density at radius 3 is 2.50 bits per heavy atom. The number of anilines is 1. The van der Waals surface area contributed by atoms with Crippen LogP contribution < -0.4 is 10.1 Å². The molecule has 0 radical (unpaired) electrons. The number of hydrogen-bond acceptors (Lipinski definition) is 2. The minimum absolute atomic E-state index is 0. The molecule has 0 bridgehead atoms. The first-order valence-electron chi connectivity index (χ1n) is 3.30. The smallest absolute Gasteiger partial charge is 0.177 e. The molecule has 4 heteroatoms. The fraction of sp³-hybridized carbons (Fsp3) is 0.250. The van der Waals surface area contributed by atoms with Crippen molar-refractivity contribution in [2.24, 2.45) is 0 Å². The zero-order valence-electron chi connectivity index (χ0n) is 6.93. The summed E-state index contributed by atoms with van der Waals surface area (Å²) in [4.78, 5) is 0. The van der Waals surface area contributed by atoms with Crippen molar-refractivity contribution in [1.29, 1.82) is 0 Å². The second kappa shape index (κ2) is 4.83. The Morgan fingerprint density at radius 2 is 2.08 bits per heavy atom. The summed E-state index contributed by atoms with van der Waals surface area (Å²) in [5.74, 6) is -0.0886. The van der Waals surface area contributed by atoms with E-state index in [1.165, 1.54) is 13.2 Å². The van der Waals surface area contributed by atoms with Crippen LogP contribution in [0.1, 0.15) is 0 Å². The SMILES string of the molecule is CNc1cccc(F)c1OC.Cl. The van der Waals surface area contributed by atoms with Gasteiger partial charge in [0.05, 0.1) is 12.8 Å². The van der Waals surface area contributed by atoms with Gasteiger partial charge in [0.15, 0.2) is 11.6 Å². The van der Waals surface area contributed by atoms with Crippen LogP contribution in [0.5, 0.6) is 5.75 Å². The molecule has 12 heavy (non-hydrogen) atoms. The minimum Gasteiger partial charge on any atom is -0.492 e. The van der Waals surface area contributed by atoms with Crippen molar-refractivity contribution in [2.75, 3.05) is 19.5 Å². The summed E-state index contributed by atoms with van der Waals surface area (Å²) in [6.07, 6.45) is 0. The van der Waals surface area contributed by atoms with Crippen LogP contribution in [0, 0.1) is 5.82 Å². The maximum absolute atomic E-state index is 12.9. The van der Waals surface area contributed by atoms with E-state index in [9.17, 15) is 4.39 Å². The fourth-order valence-corrected chi connectivity index (χ4v) is 0.913. The van der Waals surface area contributed by atoms with Crippen LogP contribution in [-0.2, 0) is 0 Å². The Bertz CT molecular complexity index is 255. The van der Waals surface area contributed by atoms with E-state index in [1.807, 2.05) is 0 Å². The van der Waals surface area contributed by atoms with Crippen molar-refractivity contribution in [1.82, 2.24) is 0 Å². The first-order valence-corrected chi connectivity index (χ1v) is 3.30. The van der Waals surface area contributed by atoms with Gasteiger partial charge in [-0.05, 0) is 12.1 Å². The van der Waals surface area contributed by atoms with Crippen LogP contribution >= 0.6 is 12.4 Å². The first-order chi connectivity index (χ1) is 5.29. The van der Waals surface area contributed by atoms with Crippen molar-refractivity contribution in [3.63, 3.8) is 0 Å². The van der Waals surface area contributed by atoms with Crippen molar-refractivity contribution in [2.45, 2.75) is 0 Å². The van der Waals surface area contributed by atoms with E-state index in [0.29, 0.717) is 5.69 Å². The van der Waals surface area contributed by atoms with Crippen LogP contribution in [0.2, 0.25) is 0 Å². The van der Waals surface area contributed by atoms with Gasteiger partial charge in [0.25, 0.3) is 0 Å². The van der Waals surface area contributed by atoms with Gasteiger partial charge in [0.2, 0.25) is 0 Å². The molecule has 0 aliphatic heterocycles. The molecule has 0 aliphatic carbocycles. The van der Waals surface area contributed by atoms with E-state index in [2.05, 4.69) is 5.32 Å². The zero-order chi connectivity index (χ0) is 8.27. The summed E-state index contributed by atoms with van der Waals surface area (Å²) in [6, 6.07) is 4.74. The molecule has 2 nitrogen and oxygen atoms in total. The average molecular weight is 192 g/mol. The molecule has 0 fully saturated rings. The Morgan fingerprint density at radius 1 is 1.42 bits per heavy atom. The van der Waals surface area contributed by atoms with Crippen molar-refractivity contribution in [3.8, 4) is 5.75 Å². The maximum atomic E-state index is 12.9. The quantitative estimate of drug-likeness (QED) is 0.775. The van der Waals surface area contributed by atoms with E-state index in [0.717, 1.165) is 0 Å². The third-order valence-electron chi connectivity index (χ3n) is 1.44. The first kappa shape index (κ1) is 11.0. The Hall–Kier alpha value is -0.960. The van der Waals surface area contributed by atoms with Crippen LogP contribution in [0.4, 0.5) is 10.1 Å². The number of para-hydroxylation sites is 1. The van der Waals surface area contributed by atoms with Crippen LogP contribution in [0.15, 0.2) is 18.2 Å². The van der Waals surface area contributed by atoms with Gasteiger partial charge in [-0.15, -0.1) is 12.4 Å². The topological polar surface area (TPSA) is 21.3 Å². The number of ether oxygens (including phenoxy) is 1. The number of halogens is 2. The number of rotatable bonds is 2. The normalized spacial score (nSPS) is 8.58. The third kappa shape index (κ3) is 2.01. The predicted octanol–water partition coefficient (Wildman–Crippen LogP) is 2.30.